The van der Waals surface area contributed by atoms with Gasteiger partial charge >= 0.3 is 6.18 Å². The number of hydrogen-bond acceptors (Lipinski definition) is 1. The van der Waals surface area contributed by atoms with E-state index in [1.807, 2.05) is 0 Å². The zero-order chi connectivity index (χ0) is 11.8. The molecule has 1 fully saturated rings. The molecule has 0 amide bonds. The first-order chi connectivity index (χ1) is 7.48. The quantitative estimate of drug-likeness (QED) is 0.767. The van der Waals surface area contributed by atoms with Crippen molar-refractivity contribution in [2.24, 2.45) is 0 Å². The maximum absolute atomic E-state index is 13.0. The summed E-state index contributed by atoms with van der Waals surface area (Å²) >= 11 is 0. The second-order valence-electron chi connectivity index (χ2n) is 3.88. The molecule has 0 spiro atoms. The van der Waals surface area contributed by atoms with Crippen LogP contribution in [0.3, 0.4) is 0 Å². The summed E-state index contributed by atoms with van der Waals surface area (Å²) in [6, 6.07) is 2.25. The van der Waals surface area contributed by atoms with Crippen molar-refractivity contribution in [2.75, 3.05) is 6.54 Å². The van der Waals surface area contributed by atoms with E-state index in [0.717, 1.165) is 24.6 Å². The van der Waals surface area contributed by atoms with Gasteiger partial charge in [-0.05, 0) is 43.1 Å². The van der Waals surface area contributed by atoms with E-state index in [1.54, 1.807) is 0 Å². The summed E-state index contributed by atoms with van der Waals surface area (Å²) in [5.41, 5.74) is -0.724. The number of benzene rings is 1. The monoisotopic (exact) mass is 269 g/mol. The Morgan fingerprint density at radius 2 is 1.94 bits per heavy atom. The zero-order valence-electron chi connectivity index (χ0n) is 8.85. The molecule has 1 aromatic carbocycles. The van der Waals surface area contributed by atoms with Crippen LogP contribution in [0.2, 0.25) is 0 Å². The zero-order valence-corrected chi connectivity index (χ0v) is 9.67. The Morgan fingerprint density at radius 3 is 2.47 bits per heavy atom. The average molecular weight is 270 g/mol. The van der Waals surface area contributed by atoms with Crippen LogP contribution in [0, 0.1) is 5.82 Å². The van der Waals surface area contributed by atoms with Crippen molar-refractivity contribution in [3.05, 3.63) is 35.1 Å². The summed E-state index contributed by atoms with van der Waals surface area (Å²) in [6.07, 6.45) is -2.99. The SMILES string of the molecule is Cl.Fc1ccc(C(F)(F)F)c([C@H]2CCCN2)c1. The van der Waals surface area contributed by atoms with Gasteiger partial charge in [-0.2, -0.15) is 13.2 Å². The minimum absolute atomic E-state index is 0. The summed E-state index contributed by atoms with van der Waals surface area (Å²) in [5.74, 6) is -0.628. The van der Waals surface area contributed by atoms with E-state index in [-0.39, 0.29) is 24.0 Å². The molecule has 2 rings (SSSR count). The fourth-order valence-electron chi connectivity index (χ4n) is 2.03. The van der Waals surface area contributed by atoms with Crippen molar-refractivity contribution in [3.8, 4) is 0 Å². The molecule has 0 bridgehead atoms. The van der Waals surface area contributed by atoms with E-state index in [2.05, 4.69) is 5.32 Å². The lowest BCUT2D eigenvalue weighted by Gasteiger charge is -2.17. The van der Waals surface area contributed by atoms with Gasteiger partial charge in [0.25, 0.3) is 0 Å². The van der Waals surface area contributed by atoms with Gasteiger partial charge in [0.1, 0.15) is 5.82 Å². The summed E-state index contributed by atoms with van der Waals surface area (Å²) in [7, 11) is 0. The van der Waals surface area contributed by atoms with E-state index < -0.39 is 17.6 Å². The molecule has 0 aromatic heterocycles. The van der Waals surface area contributed by atoms with Gasteiger partial charge in [-0.25, -0.2) is 4.39 Å². The van der Waals surface area contributed by atoms with Crippen LogP contribution in [0.15, 0.2) is 18.2 Å². The van der Waals surface area contributed by atoms with Gasteiger partial charge in [0.2, 0.25) is 0 Å². The van der Waals surface area contributed by atoms with Crippen LogP contribution in [0.4, 0.5) is 17.6 Å². The molecule has 0 radical (unpaired) electrons. The molecular formula is C11H12ClF4N. The number of hydrogen-bond donors (Lipinski definition) is 1. The van der Waals surface area contributed by atoms with E-state index in [0.29, 0.717) is 13.0 Å². The maximum atomic E-state index is 13.0. The molecule has 96 valence electrons. The molecule has 1 atom stereocenters. The summed E-state index contributed by atoms with van der Waals surface area (Å²) in [4.78, 5) is 0. The minimum atomic E-state index is -4.42. The van der Waals surface area contributed by atoms with Crippen LogP contribution in [-0.2, 0) is 6.18 Å². The molecule has 6 heteroatoms. The highest BCUT2D eigenvalue weighted by atomic mass is 35.5. The minimum Gasteiger partial charge on any atom is -0.310 e. The van der Waals surface area contributed by atoms with Gasteiger partial charge in [0.05, 0.1) is 5.56 Å². The lowest BCUT2D eigenvalue weighted by Crippen LogP contribution is -2.18. The van der Waals surface area contributed by atoms with Gasteiger partial charge in [-0.3, -0.25) is 0 Å². The Bertz CT molecular complexity index is 386. The van der Waals surface area contributed by atoms with Gasteiger partial charge < -0.3 is 5.32 Å². The molecule has 0 unspecified atom stereocenters. The first kappa shape index (κ1) is 14.3. The normalized spacial score (nSPS) is 20.1. The Kier molecular flexibility index (Phi) is 4.38. The van der Waals surface area contributed by atoms with Crippen LogP contribution in [0.5, 0.6) is 0 Å². The smallest absolute Gasteiger partial charge is 0.310 e. The van der Waals surface area contributed by atoms with Crippen molar-refractivity contribution in [1.29, 1.82) is 0 Å². The van der Waals surface area contributed by atoms with Gasteiger partial charge in [0, 0.05) is 6.04 Å². The molecule has 0 aliphatic carbocycles. The largest absolute Gasteiger partial charge is 0.416 e. The molecule has 1 nitrogen and oxygen atoms in total. The third-order valence-electron chi connectivity index (χ3n) is 2.75. The van der Waals surface area contributed by atoms with Crippen molar-refractivity contribution in [3.63, 3.8) is 0 Å². The van der Waals surface area contributed by atoms with Crippen molar-refractivity contribution < 1.29 is 17.6 Å². The summed E-state index contributed by atoms with van der Waals surface area (Å²) < 4.78 is 51.0. The maximum Gasteiger partial charge on any atom is 0.416 e. The fraction of sp³-hybridized carbons (Fsp3) is 0.455. The van der Waals surface area contributed by atoms with E-state index >= 15 is 0 Å². The summed E-state index contributed by atoms with van der Waals surface area (Å²) in [5, 5.41) is 2.95. The second-order valence-corrected chi connectivity index (χ2v) is 3.88. The highest BCUT2D eigenvalue weighted by molar-refractivity contribution is 5.85. The highest BCUT2D eigenvalue weighted by Crippen LogP contribution is 2.37. The predicted molar refractivity (Wildman–Crippen MR) is 58.6 cm³/mol. The average Bonchev–Trinajstić information content (AvgIpc) is 2.68. The molecule has 1 aromatic rings. The second kappa shape index (κ2) is 5.23. The van der Waals surface area contributed by atoms with Crippen molar-refractivity contribution in [2.45, 2.75) is 25.1 Å². The molecule has 1 aliphatic heterocycles. The molecule has 0 saturated carbocycles. The Balaban J connectivity index is 0.00000144. The van der Waals surface area contributed by atoms with E-state index in [9.17, 15) is 17.6 Å². The Hall–Kier alpha value is -0.810. The molecule has 17 heavy (non-hydrogen) atoms. The third-order valence-corrected chi connectivity index (χ3v) is 2.75. The van der Waals surface area contributed by atoms with E-state index in [4.69, 9.17) is 0 Å². The van der Waals surface area contributed by atoms with Crippen molar-refractivity contribution >= 4 is 12.4 Å². The van der Waals surface area contributed by atoms with Gasteiger partial charge in [-0.15, -0.1) is 12.4 Å². The van der Waals surface area contributed by atoms with Crippen LogP contribution < -0.4 is 5.32 Å². The first-order valence-electron chi connectivity index (χ1n) is 5.08. The lowest BCUT2D eigenvalue weighted by molar-refractivity contribution is -0.138. The van der Waals surface area contributed by atoms with Crippen LogP contribution in [-0.4, -0.2) is 6.54 Å². The lowest BCUT2D eigenvalue weighted by atomic mass is 9.98. The first-order valence-corrected chi connectivity index (χ1v) is 5.08. The molecule has 1 aliphatic rings. The van der Waals surface area contributed by atoms with Gasteiger partial charge in [-0.1, -0.05) is 0 Å². The van der Waals surface area contributed by atoms with Crippen LogP contribution in [0.1, 0.15) is 30.0 Å². The molecule has 1 heterocycles. The summed E-state index contributed by atoms with van der Waals surface area (Å²) in [6.45, 7) is 0.679. The topological polar surface area (TPSA) is 12.0 Å². The molecule has 1 N–H and O–H groups in total. The van der Waals surface area contributed by atoms with Crippen LogP contribution >= 0.6 is 12.4 Å². The van der Waals surface area contributed by atoms with Gasteiger partial charge in [0.15, 0.2) is 0 Å². The Morgan fingerprint density at radius 1 is 1.24 bits per heavy atom. The molecular weight excluding hydrogens is 258 g/mol. The predicted octanol–water partition coefficient (Wildman–Crippen LogP) is 3.69. The van der Waals surface area contributed by atoms with E-state index in [1.165, 1.54) is 0 Å². The number of nitrogens with one attached hydrogen (secondary N) is 1. The molecule has 1 saturated heterocycles. The number of rotatable bonds is 1. The standard InChI is InChI=1S/C11H11F4N.ClH/c12-7-3-4-9(11(13,14)15)8(6-7)10-2-1-5-16-10;/h3-4,6,10,16H,1-2,5H2;1H/t10-;/m1./s1. The number of halogens is 5. The number of alkyl halides is 3. The highest BCUT2D eigenvalue weighted by Gasteiger charge is 2.35. The Labute approximate surface area is 103 Å². The third kappa shape index (κ3) is 3.10. The van der Waals surface area contributed by atoms with Crippen LogP contribution in [0.25, 0.3) is 0 Å². The van der Waals surface area contributed by atoms with Crippen molar-refractivity contribution in [1.82, 2.24) is 5.32 Å². The fourth-order valence-corrected chi connectivity index (χ4v) is 2.03.